The summed E-state index contributed by atoms with van der Waals surface area (Å²) in [4.78, 5) is 0. The zero-order valence-electron chi connectivity index (χ0n) is 10.2. The van der Waals surface area contributed by atoms with Crippen LogP contribution in [0.3, 0.4) is 0 Å². The van der Waals surface area contributed by atoms with Gasteiger partial charge >= 0.3 is 0 Å². The van der Waals surface area contributed by atoms with Crippen molar-refractivity contribution in [3.8, 4) is 5.75 Å². The van der Waals surface area contributed by atoms with Crippen molar-refractivity contribution in [2.75, 3.05) is 6.61 Å². The van der Waals surface area contributed by atoms with E-state index in [0.717, 1.165) is 24.8 Å². The first-order valence-corrected chi connectivity index (χ1v) is 6.23. The number of benzene rings is 1. The Bertz CT molecular complexity index is 331. The van der Waals surface area contributed by atoms with Crippen LogP contribution in [0.5, 0.6) is 5.75 Å². The first-order valence-electron chi connectivity index (χ1n) is 6.23. The SMILES string of the molecule is CCOc1ccccc1CNC1CC(C)C1. The number of ether oxygens (including phenoxy) is 1. The molecule has 1 fully saturated rings. The molecule has 1 N–H and O–H groups in total. The fraction of sp³-hybridized carbons (Fsp3) is 0.571. The Morgan fingerprint density at radius 1 is 1.31 bits per heavy atom. The minimum Gasteiger partial charge on any atom is -0.494 e. The topological polar surface area (TPSA) is 21.3 Å². The van der Waals surface area contributed by atoms with Gasteiger partial charge in [0.05, 0.1) is 6.61 Å². The first-order chi connectivity index (χ1) is 7.79. The second-order valence-corrected chi connectivity index (χ2v) is 4.70. The van der Waals surface area contributed by atoms with Gasteiger partial charge in [-0.25, -0.2) is 0 Å². The van der Waals surface area contributed by atoms with E-state index in [0.29, 0.717) is 6.04 Å². The monoisotopic (exact) mass is 219 g/mol. The molecule has 0 heterocycles. The third kappa shape index (κ3) is 2.76. The minimum atomic E-state index is 0.713. The van der Waals surface area contributed by atoms with Crippen molar-refractivity contribution in [3.63, 3.8) is 0 Å². The number of para-hydroxylation sites is 1. The Morgan fingerprint density at radius 3 is 2.75 bits per heavy atom. The van der Waals surface area contributed by atoms with Crippen LogP contribution < -0.4 is 10.1 Å². The molecule has 0 aromatic heterocycles. The van der Waals surface area contributed by atoms with Crippen molar-refractivity contribution in [1.82, 2.24) is 5.32 Å². The van der Waals surface area contributed by atoms with Crippen LogP contribution in [0.4, 0.5) is 0 Å². The van der Waals surface area contributed by atoms with Gasteiger partial charge in [-0.2, -0.15) is 0 Å². The smallest absolute Gasteiger partial charge is 0.123 e. The second kappa shape index (κ2) is 5.35. The van der Waals surface area contributed by atoms with Crippen LogP contribution in [-0.2, 0) is 6.54 Å². The Labute approximate surface area is 98.0 Å². The number of hydrogen-bond donors (Lipinski definition) is 1. The van der Waals surface area contributed by atoms with Crippen LogP contribution in [-0.4, -0.2) is 12.6 Å². The number of nitrogens with one attached hydrogen (secondary N) is 1. The van der Waals surface area contributed by atoms with Crippen LogP contribution in [0.1, 0.15) is 32.3 Å². The highest BCUT2D eigenvalue weighted by molar-refractivity contribution is 5.33. The van der Waals surface area contributed by atoms with E-state index < -0.39 is 0 Å². The van der Waals surface area contributed by atoms with Gasteiger partial charge in [-0.05, 0) is 31.7 Å². The van der Waals surface area contributed by atoms with Gasteiger partial charge in [-0.15, -0.1) is 0 Å². The number of hydrogen-bond acceptors (Lipinski definition) is 2. The summed E-state index contributed by atoms with van der Waals surface area (Å²) in [6.45, 7) is 6.00. The molecule has 0 saturated heterocycles. The molecule has 88 valence electrons. The average Bonchev–Trinajstić information content (AvgIpc) is 2.25. The molecule has 0 bridgehead atoms. The van der Waals surface area contributed by atoms with E-state index in [-0.39, 0.29) is 0 Å². The molecule has 1 aliphatic rings. The molecule has 0 radical (unpaired) electrons. The molecule has 1 aromatic rings. The van der Waals surface area contributed by atoms with Crippen LogP contribution in [0.25, 0.3) is 0 Å². The van der Waals surface area contributed by atoms with E-state index in [4.69, 9.17) is 4.74 Å². The van der Waals surface area contributed by atoms with Crippen molar-refractivity contribution in [3.05, 3.63) is 29.8 Å². The van der Waals surface area contributed by atoms with E-state index in [1.54, 1.807) is 0 Å². The van der Waals surface area contributed by atoms with Gasteiger partial charge in [-0.1, -0.05) is 25.1 Å². The molecule has 2 heteroatoms. The van der Waals surface area contributed by atoms with E-state index in [2.05, 4.69) is 24.4 Å². The maximum absolute atomic E-state index is 5.60. The predicted octanol–water partition coefficient (Wildman–Crippen LogP) is 2.97. The van der Waals surface area contributed by atoms with E-state index in [1.807, 2.05) is 19.1 Å². The molecule has 2 rings (SSSR count). The summed E-state index contributed by atoms with van der Waals surface area (Å²) in [6.07, 6.45) is 2.63. The fourth-order valence-electron chi connectivity index (χ4n) is 2.27. The van der Waals surface area contributed by atoms with Crippen molar-refractivity contribution in [1.29, 1.82) is 0 Å². The van der Waals surface area contributed by atoms with Crippen LogP contribution in [0.15, 0.2) is 24.3 Å². The second-order valence-electron chi connectivity index (χ2n) is 4.70. The lowest BCUT2D eigenvalue weighted by atomic mass is 9.82. The van der Waals surface area contributed by atoms with Gasteiger partial charge in [0.25, 0.3) is 0 Å². The molecule has 2 nitrogen and oxygen atoms in total. The summed E-state index contributed by atoms with van der Waals surface area (Å²) >= 11 is 0. The largest absolute Gasteiger partial charge is 0.494 e. The fourth-order valence-corrected chi connectivity index (χ4v) is 2.27. The lowest BCUT2D eigenvalue weighted by Crippen LogP contribution is -2.39. The molecule has 1 aliphatic carbocycles. The van der Waals surface area contributed by atoms with E-state index >= 15 is 0 Å². The molecule has 1 aromatic carbocycles. The van der Waals surface area contributed by atoms with E-state index in [9.17, 15) is 0 Å². The Balaban J connectivity index is 1.87. The molecule has 0 atom stereocenters. The van der Waals surface area contributed by atoms with E-state index in [1.165, 1.54) is 18.4 Å². The van der Waals surface area contributed by atoms with Gasteiger partial charge in [-0.3, -0.25) is 0 Å². The quantitative estimate of drug-likeness (QED) is 0.822. The number of rotatable bonds is 5. The highest BCUT2D eigenvalue weighted by atomic mass is 16.5. The maximum Gasteiger partial charge on any atom is 0.123 e. The highest BCUT2D eigenvalue weighted by Crippen LogP contribution is 2.27. The third-order valence-electron chi connectivity index (χ3n) is 3.23. The summed E-state index contributed by atoms with van der Waals surface area (Å²) in [5, 5.41) is 3.58. The molecule has 16 heavy (non-hydrogen) atoms. The predicted molar refractivity (Wildman–Crippen MR) is 66.6 cm³/mol. The minimum absolute atomic E-state index is 0.713. The summed E-state index contributed by atoms with van der Waals surface area (Å²) in [7, 11) is 0. The lowest BCUT2D eigenvalue weighted by molar-refractivity contribution is 0.239. The molecule has 0 amide bonds. The van der Waals surface area contributed by atoms with Gasteiger partial charge < -0.3 is 10.1 Å². The average molecular weight is 219 g/mol. The molecule has 0 aliphatic heterocycles. The summed E-state index contributed by atoms with van der Waals surface area (Å²) in [5.74, 6) is 1.92. The molecular formula is C14H21NO. The highest BCUT2D eigenvalue weighted by Gasteiger charge is 2.24. The third-order valence-corrected chi connectivity index (χ3v) is 3.23. The van der Waals surface area contributed by atoms with Crippen molar-refractivity contribution in [2.24, 2.45) is 5.92 Å². The normalized spacial score (nSPS) is 23.9. The summed E-state index contributed by atoms with van der Waals surface area (Å²) < 4.78 is 5.60. The Morgan fingerprint density at radius 2 is 2.06 bits per heavy atom. The van der Waals surface area contributed by atoms with Gasteiger partial charge in [0.1, 0.15) is 5.75 Å². The van der Waals surface area contributed by atoms with Gasteiger partial charge in [0.15, 0.2) is 0 Å². The first kappa shape index (κ1) is 11.5. The van der Waals surface area contributed by atoms with Gasteiger partial charge in [0.2, 0.25) is 0 Å². The van der Waals surface area contributed by atoms with Crippen molar-refractivity contribution in [2.45, 2.75) is 39.3 Å². The summed E-state index contributed by atoms with van der Waals surface area (Å²) in [6, 6.07) is 9.00. The van der Waals surface area contributed by atoms with Crippen molar-refractivity contribution >= 4 is 0 Å². The molecule has 1 saturated carbocycles. The standard InChI is InChI=1S/C14H21NO/c1-3-16-14-7-5-4-6-12(14)10-15-13-8-11(2)9-13/h4-7,11,13,15H,3,8-10H2,1-2H3. The zero-order valence-corrected chi connectivity index (χ0v) is 10.2. The summed E-state index contributed by atoms with van der Waals surface area (Å²) in [5.41, 5.74) is 1.27. The molecule has 0 spiro atoms. The lowest BCUT2D eigenvalue weighted by Gasteiger charge is -2.33. The van der Waals surface area contributed by atoms with Gasteiger partial charge in [0, 0.05) is 18.2 Å². The molecular weight excluding hydrogens is 198 g/mol. The Hall–Kier alpha value is -1.02. The van der Waals surface area contributed by atoms with Crippen LogP contribution in [0.2, 0.25) is 0 Å². The molecule has 0 unspecified atom stereocenters. The van der Waals surface area contributed by atoms with Crippen LogP contribution >= 0.6 is 0 Å². The zero-order chi connectivity index (χ0) is 11.4. The van der Waals surface area contributed by atoms with Crippen molar-refractivity contribution < 1.29 is 4.74 Å². The van der Waals surface area contributed by atoms with Crippen LogP contribution in [0, 0.1) is 5.92 Å². The maximum atomic E-state index is 5.60. The Kier molecular flexibility index (Phi) is 3.83.